The number of carbonyl (C=O) groups excluding carboxylic acids is 1. The van der Waals surface area contributed by atoms with E-state index in [1.165, 1.54) is 6.08 Å². The third kappa shape index (κ3) is 2.85. The first-order valence-electron chi connectivity index (χ1n) is 4.18. The van der Waals surface area contributed by atoms with E-state index in [4.69, 9.17) is 11.6 Å². The van der Waals surface area contributed by atoms with Crippen LogP contribution in [0.2, 0.25) is 5.02 Å². The van der Waals surface area contributed by atoms with E-state index < -0.39 is 0 Å². The highest BCUT2D eigenvalue weighted by atomic mass is 35.5. The molecule has 3 nitrogen and oxygen atoms in total. The van der Waals surface area contributed by atoms with E-state index in [-0.39, 0.29) is 11.9 Å². The summed E-state index contributed by atoms with van der Waals surface area (Å²) in [5, 5.41) is 3.28. The molecule has 0 unspecified atom stereocenters. The number of pyridine rings is 1. The molecular formula is C10H11ClN2O. The Labute approximate surface area is 87.8 Å². The minimum Gasteiger partial charge on any atom is -0.344 e. The number of nitrogens with one attached hydrogen (secondary N) is 1. The zero-order valence-corrected chi connectivity index (χ0v) is 8.58. The van der Waals surface area contributed by atoms with Crippen molar-refractivity contribution in [2.75, 3.05) is 0 Å². The molecule has 0 aliphatic rings. The van der Waals surface area contributed by atoms with Crippen LogP contribution in [0.1, 0.15) is 18.7 Å². The number of rotatable bonds is 3. The lowest BCUT2D eigenvalue weighted by Gasteiger charge is -2.11. The molecule has 74 valence electrons. The maximum atomic E-state index is 11.0. The third-order valence-electron chi connectivity index (χ3n) is 1.74. The summed E-state index contributed by atoms with van der Waals surface area (Å²) in [5.74, 6) is -0.214. The molecule has 0 bridgehead atoms. The Kier molecular flexibility index (Phi) is 3.65. The van der Waals surface area contributed by atoms with Crippen molar-refractivity contribution in [1.29, 1.82) is 0 Å². The Bertz CT molecular complexity index is 334. The molecule has 1 rings (SSSR count). The molecule has 0 aliphatic heterocycles. The average molecular weight is 211 g/mol. The van der Waals surface area contributed by atoms with Gasteiger partial charge in [-0.3, -0.25) is 9.78 Å². The van der Waals surface area contributed by atoms with Crippen molar-refractivity contribution in [3.8, 4) is 0 Å². The molecule has 0 saturated carbocycles. The highest BCUT2D eigenvalue weighted by Gasteiger charge is 2.07. The van der Waals surface area contributed by atoms with Gasteiger partial charge >= 0.3 is 0 Å². The molecule has 0 aromatic carbocycles. The van der Waals surface area contributed by atoms with Gasteiger partial charge in [-0.25, -0.2) is 0 Å². The van der Waals surface area contributed by atoms with E-state index in [1.807, 2.05) is 6.92 Å². The zero-order chi connectivity index (χ0) is 10.6. The topological polar surface area (TPSA) is 42.0 Å². The smallest absolute Gasteiger partial charge is 0.243 e. The number of halogens is 1. The summed E-state index contributed by atoms with van der Waals surface area (Å²) in [5.41, 5.74) is 0.768. The van der Waals surface area contributed by atoms with Crippen LogP contribution in [-0.4, -0.2) is 10.9 Å². The number of amides is 1. The largest absolute Gasteiger partial charge is 0.344 e. The first-order chi connectivity index (χ1) is 6.63. The molecule has 4 heteroatoms. The van der Waals surface area contributed by atoms with Gasteiger partial charge in [0.2, 0.25) is 5.91 Å². The molecule has 0 fully saturated rings. The van der Waals surface area contributed by atoms with E-state index >= 15 is 0 Å². The molecule has 1 heterocycles. The molecule has 0 radical (unpaired) electrons. The second kappa shape index (κ2) is 4.77. The summed E-state index contributed by atoms with van der Waals surface area (Å²) in [4.78, 5) is 15.1. The predicted molar refractivity (Wildman–Crippen MR) is 56.0 cm³/mol. The number of hydrogen-bond acceptors (Lipinski definition) is 2. The maximum absolute atomic E-state index is 11.0. The van der Waals surface area contributed by atoms with Crippen LogP contribution in [0.25, 0.3) is 0 Å². The SMILES string of the molecule is C=CC(=O)N[C@@H](C)c1ccc(Cl)cn1. The molecule has 1 atom stereocenters. The maximum Gasteiger partial charge on any atom is 0.243 e. The highest BCUT2D eigenvalue weighted by molar-refractivity contribution is 6.30. The molecule has 0 saturated heterocycles. The summed E-state index contributed by atoms with van der Waals surface area (Å²) in [6.07, 6.45) is 2.78. The molecule has 0 aliphatic carbocycles. The van der Waals surface area contributed by atoms with Gasteiger partial charge in [-0.15, -0.1) is 0 Å². The zero-order valence-electron chi connectivity index (χ0n) is 7.83. The van der Waals surface area contributed by atoms with Gasteiger partial charge in [0, 0.05) is 6.20 Å². The minimum absolute atomic E-state index is 0.141. The van der Waals surface area contributed by atoms with Crippen LogP contribution in [0.5, 0.6) is 0 Å². The van der Waals surface area contributed by atoms with Gasteiger partial charge in [-0.1, -0.05) is 18.2 Å². The van der Waals surface area contributed by atoms with Crippen molar-refractivity contribution in [2.45, 2.75) is 13.0 Å². The van der Waals surface area contributed by atoms with Crippen molar-refractivity contribution in [3.63, 3.8) is 0 Å². The van der Waals surface area contributed by atoms with Crippen LogP contribution in [0.4, 0.5) is 0 Å². The Morgan fingerprint density at radius 3 is 2.93 bits per heavy atom. The lowest BCUT2D eigenvalue weighted by atomic mass is 10.2. The normalized spacial score (nSPS) is 11.9. The Morgan fingerprint density at radius 1 is 1.71 bits per heavy atom. The fourth-order valence-corrected chi connectivity index (χ4v) is 1.10. The van der Waals surface area contributed by atoms with Crippen molar-refractivity contribution in [2.24, 2.45) is 0 Å². The van der Waals surface area contributed by atoms with E-state index in [2.05, 4.69) is 16.9 Å². The average Bonchev–Trinajstić information content (AvgIpc) is 2.18. The first kappa shape index (κ1) is 10.7. The van der Waals surface area contributed by atoms with E-state index in [1.54, 1.807) is 18.3 Å². The number of carbonyl (C=O) groups is 1. The lowest BCUT2D eigenvalue weighted by molar-refractivity contribution is -0.117. The molecule has 1 amide bonds. The van der Waals surface area contributed by atoms with Crippen LogP contribution in [-0.2, 0) is 4.79 Å². The Hall–Kier alpha value is -1.35. The number of nitrogens with zero attached hydrogens (tertiary/aromatic N) is 1. The van der Waals surface area contributed by atoms with Gasteiger partial charge in [0.1, 0.15) is 0 Å². The van der Waals surface area contributed by atoms with Crippen LogP contribution in [0.3, 0.4) is 0 Å². The third-order valence-corrected chi connectivity index (χ3v) is 1.96. The standard InChI is InChI=1S/C10H11ClN2O/c1-3-10(14)13-7(2)9-5-4-8(11)6-12-9/h3-7H,1H2,2H3,(H,13,14)/t7-/m0/s1. The molecule has 1 aromatic rings. The van der Waals surface area contributed by atoms with Gasteiger partial charge in [0.05, 0.1) is 16.8 Å². The van der Waals surface area contributed by atoms with Crippen LogP contribution >= 0.6 is 11.6 Å². The van der Waals surface area contributed by atoms with Crippen molar-refractivity contribution in [1.82, 2.24) is 10.3 Å². The fourth-order valence-electron chi connectivity index (χ4n) is 0.990. The van der Waals surface area contributed by atoms with E-state index in [9.17, 15) is 4.79 Å². The minimum atomic E-state index is -0.214. The van der Waals surface area contributed by atoms with Crippen LogP contribution in [0.15, 0.2) is 31.0 Å². The van der Waals surface area contributed by atoms with Crippen molar-refractivity contribution < 1.29 is 4.79 Å². The summed E-state index contributed by atoms with van der Waals surface area (Å²) >= 11 is 5.68. The molecule has 0 spiro atoms. The monoisotopic (exact) mass is 210 g/mol. The summed E-state index contributed by atoms with van der Waals surface area (Å²) < 4.78 is 0. The quantitative estimate of drug-likeness (QED) is 0.777. The summed E-state index contributed by atoms with van der Waals surface area (Å²) in [6.45, 7) is 5.21. The predicted octanol–water partition coefficient (Wildman–Crippen LogP) is 2.10. The number of aromatic nitrogens is 1. The van der Waals surface area contributed by atoms with Crippen molar-refractivity contribution >= 4 is 17.5 Å². The van der Waals surface area contributed by atoms with E-state index in [0.717, 1.165) is 5.69 Å². The molecule has 14 heavy (non-hydrogen) atoms. The number of hydrogen-bond donors (Lipinski definition) is 1. The fraction of sp³-hybridized carbons (Fsp3) is 0.200. The second-order valence-corrected chi connectivity index (χ2v) is 3.27. The van der Waals surface area contributed by atoms with Gasteiger partial charge in [-0.05, 0) is 25.1 Å². The van der Waals surface area contributed by atoms with Crippen molar-refractivity contribution in [3.05, 3.63) is 41.7 Å². The Morgan fingerprint density at radius 2 is 2.43 bits per heavy atom. The molecule has 1 N–H and O–H groups in total. The summed E-state index contributed by atoms with van der Waals surface area (Å²) in [6, 6.07) is 3.37. The van der Waals surface area contributed by atoms with Gasteiger partial charge in [-0.2, -0.15) is 0 Å². The molecule has 1 aromatic heterocycles. The van der Waals surface area contributed by atoms with E-state index in [0.29, 0.717) is 5.02 Å². The highest BCUT2D eigenvalue weighted by Crippen LogP contribution is 2.12. The lowest BCUT2D eigenvalue weighted by Crippen LogP contribution is -2.25. The molecular weight excluding hydrogens is 200 g/mol. The van der Waals surface area contributed by atoms with Crippen LogP contribution < -0.4 is 5.32 Å². The second-order valence-electron chi connectivity index (χ2n) is 2.84. The van der Waals surface area contributed by atoms with Gasteiger partial charge < -0.3 is 5.32 Å². The van der Waals surface area contributed by atoms with Crippen LogP contribution in [0, 0.1) is 0 Å². The summed E-state index contributed by atoms with van der Waals surface area (Å²) in [7, 11) is 0. The van der Waals surface area contributed by atoms with Gasteiger partial charge in [0.25, 0.3) is 0 Å². The first-order valence-corrected chi connectivity index (χ1v) is 4.55. The Balaban J connectivity index is 2.69. The van der Waals surface area contributed by atoms with Gasteiger partial charge in [0.15, 0.2) is 0 Å².